The fourth-order valence-corrected chi connectivity index (χ4v) is 5.51. The molecule has 2 aromatic carbocycles. The first-order valence-corrected chi connectivity index (χ1v) is 13.5. The summed E-state index contributed by atoms with van der Waals surface area (Å²) in [5.41, 5.74) is 2.33. The number of amides is 1. The topological polar surface area (TPSA) is 103 Å². The van der Waals surface area contributed by atoms with Crippen LogP contribution in [0.15, 0.2) is 76.0 Å². The maximum atomic E-state index is 13.0. The van der Waals surface area contributed by atoms with Gasteiger partial charge in [0.1, 0.15) is 28.7 Å². The predicted octanol–water partition coefficient (Wildman–Crippen LogP) is 4.70. The molecule has 0 radical (unpaired) electrons. The molecule has 39 heavy (non-hydrogen) atoms. The molecule has 9 nitrogen and oxygen atoms in total. The molecule has 3 aromatic rings. The molecule has 3 heterocycles. The average Bonchev–Trinajstić information content (AvgIpc) is 3.46. The number of morpholine rings is 1. The number of hydrogen-bond donors (Lipinski definition) is 1. The summed E-state index contributed by atoms with van der Waals surface area (Å²) < 4.78 is 17.7. The molecule has 2 aliphatic heterocycles. The predicted molar refractivity (Wildman–Crippen MR) is 151 cm³/mol. The molecule has 202 valence electrons. The fourth-order valence-electron chi connectivity index (χ4n) is 4.49. The van der Waals surface area contributed by atoms with Crippen LogP contribution in [0, 0.1) is 0 Å². The number of esters is 1. The third-order valence-electron chi connectivity index (χ3n) is 6.45. The van der Waals surface area contributed by atoms with Crippen molar-refractivity contribution in [2.75, 3.05) is 40.0 Å². The van der Waals surface area contributed by atoms with Crippen molar-refractivity contribution < 1.29 is 28.9 Å². The molecule has 0 unspecified atom stereocenters. The van der Waals surface area contributed by atoms with Gasteiger partial charge in [-0.2, -0.15) is 0 Å². The van der Waals surface area contributed by atoms with Crippen LogP contribution < -0.4 is 4.74 Å². The Morgan fingerprint density at radius 2 is 1.87 bits per heavy atom. The summed E-state index contributed by atoms with van der Waals surface area (Å²) in [7, 11) is 1.58. The van der Waals surface area contributed by atoms with E-state index in [2.05, 4.69) is 4.99 Å². The zero-order valence-electron chi connectivity index (χ0n) is 21.8. The lowest BCUT2D eigenvalue weighted by Crippen LogP contribution is -2.42. The average molecular weight is 548 g/mol. The van der Waals surface area contributed by atoms with Gasteiger partial charge >= 0.3 is 5.97 Å². The van der Waals surface area contributed by atoms with Crippen LogP contribution in [0.2, 0.25) is 0 Å². The maximum absolute atomic E-state index is 13.0. The Morgan fingerprint density at radius 1 is 1.13 bits per heavy atom. The van der Waals surface area contributed by atoms with Crippen molar-refractivity contribution in [1.29, 1.82) is 0 Å². The molecule has 1 aromatic heterocycles. The number of aliphatic hydroxyl groups excluding tert-OH is 1. The molecule has 0 saturated carbocycles. The van der Waals surface area contributed by atoms with Crippen LogP contribution in [0.4, 0.5) is 5.69 Å². The van der Waals surface area contributed by atoms with E-state index in [0.717, 1.165) is 16.5 Å². The first-order chi connectivity index (χ1) is 19.0. The van der Waals surface area contributed by atoms with Gasteiger partial charge in [-0.3, -0.25) is 4.79 Å². The minimum atomic E-state index is -0.642. The van der Waals surface area contributed by atoms with Gasteiger partial charge in [0.05, 0.1) is 37.5 Å². The number of methoxy groups -OCH3 is 1. The number of aromatic nitrogens is 1. The van der Waals surface area contributed by atoms with Crippen molar-refractivity contribution in [2.45, 2.75) is 13.5 Å². The quantitative estimate of drug-likeness (QED) is 0.428. The highest BCUT2D eigenvalue weighted by Gasteiger charge is 2.33. The molecule has 1 saturated heterocycles. The number of thioether (sulfide) groups is 1. The Balaban J connectivity index is 1.50. The smallest absolute Gasteiger partial charge is 0.344 e. The summed E-state index contributed by atoms with van der Waals surface area (Å²) in [4.78, 5) is 32.7. The molecule has 2 aliphatic rings. The van der Waals surface area contributed by atoms with Crippen LogP contribution in [0.1, 0.15) is 12.5 Å². The van der Waals surface area contributed by atoms with Gasteiger partial charge in [0.15, 0.2) is 0 Å². The van der Waals surface area contributed by atoms with E-state index >= 15 is 0 Å². The Labute approximate surface area is 230 Å². The third kappa shape index (κ3) is 5.71. The first kappa shape index (κ1) is 26.6. The Bertz CT molecular complexity index is 1480. The largest absolute Gasteiger partial charge is 0.506 e. The van der Waals surface area contributed by atoms with Gasteiger partial charge in [-0.05, 0) is 43.3 Å². The number of hydrogen-bond acceptors (Lipinski definition) is 8. The van der Waals surface area contributed by atoms with Gasteiger partial charge in [0.25, 0.3) is 0 Å². The van der Waals surface area contributed by atoms with Crippen molar-refractivity contribution in [3.8, 4) is 5.75 Å². The molecule has 1 amide bonds. The Kier molecular flexibility index (Phi) is 8.04. The van der Waals surface area contributed by atoms with Gasteiger partial charge in [-0.15, -0.1) is 0 Å². The lowest BCUT2D eigenvalue weighted by atomic mass is 10.1. The number of aliphatic imine (C=N–C) groups is 1. The number of carbonyl (C=O) groups excluding carboxylic acids is 2. The second-order valence-electron chi connectivity index (χ2n) is 8.89. The minimum Gasteiger partial charge on any atom is -0.506 e. The van der Waals surface area contributed by atoms with Crippen LogP contribution in [0.5, 0.6) is 5.75 Å². The van der Waals surface area contributed by atoms with E-state index in [-0.39, 0.29) is 30.4 Å². The molecule has 1 N–H and O–H groups in total. The number of carbonyl (C=O) groups is 2. The van der Waals surface area contributed by atoms with E-state index < -0.39 is 5.97 Å². The summed E-state index contributed by atoms with van der Waals surface area (Å²) in [5.74, 6) is -0.121. The highest BCUT2D eigenvalue weighted by molar-refractivity contribution is 8.18. The van der Waals surface area contributed by atoms with Gasteiger partial charge in [0.2, 0.25) is 5.91 Å². The van der Waals surface area contributed by atoms with Crippen LogP contribution in [0.3, 0.4) is 0 Å². The van der Waals surface area contributed by atoms with Gasteiger partial charge in [0, 0.05) is 35.8 Å². The zero-order valence-corrected chi connectivity index (χ0v) is 22.6. The number of para-hydroxylation sites is 1. The van der Waals surface area contributed by atoms with Crippen molar-refractivity contribution in [3.05, 3.63) is 76.5 Å². The fraction of sp³-hybridized carbons (Fsp3) is 0.276. The Morgan fingerprint density at radius 3 is 2.59 bits per heavy atom. The Hall–Kier alpha value is -4.02. The molecule has 5 rings (SSSR count). The first-order valence-electron chi connectivity index (χ1n) is 12.6. The van der Waals surface area contributed by atoms with Gasteiger partial charge in [-0.1, -0.05) is 30.0 Å². The number of nitrogens with zero attached hydrogens (tertiary/aromatic N) is 3. The van der Waals surface area contributed by atoms with E-state index in [0.29, 0.717) is 47.7 Å². The number of fused-ring (bicyclic) bond motifs is 1. The van der Waals surface area contributed by atoms with Crippen molar-refractivity contribution in [1.82, 2.24) is 9.47 Å². The number of aliphatic hydroxyl groups is 1. The monoisotopic (exact) mass is 547 g/mol. The molecule has 0 atom stereocenters. The summed E-state index contributed by atoms with van der Waals surface area (Å²) in [6.07, 6.45) is 3.71. The highest BCUT2D eigenvalue weighted by Crippen LogP contribution is 2.41. The molecule has 0 bridgehead atoms. The van der Waals surface area contributed by atoms with E-state index in [1.807, 2.05) is 46.0 Å². The summed E-state index contributed by atoms with van der Waals surface area (Å²) in [5, 5.41) is 12.4. The molecule has 0 spiro atoms. The minimum absolute atomic E-state index is 0.0229. The maximum Gasteiger partial charge on any atom is 0.344 e. The molecule has 10 heteroatoms. The third-order valence-corrected chi connectivity index (χ3v) is 7.47. The molecular weight excluding hydrogens is 518 g/mol. The summed E-state index contributed by atoms with van der Waals surface area (Å²) in [6.45, 7) is 4.32. The van der Waals surface area contributed by atoms with Crippen molar-refractivity contribution in [3.63, 3.8) is 0 Å². The highest BCUT2D eigenvalue weighted by atomic mass is 32.2. The summed E-state index contributed by atoms with van der Waals surface area (Å²) in [6, 6.07) is 14.9. The van der Waals surface area contributed by atoms with Crippen molar-refractivity contribution >= 4 is 51.3 Å². The molecule has 1 fully saturated rings. The van der Waals surface area contributed by atoms with Crippen LogP contribution >= 0.6 is 11.8 Å². The van der Waals surface area contributed by atoms with Crippen LogP contribution in [0.25, 0.3) is 17.0 Å². The van der Waals surface area contributed by atoms with Gasteiger partial charge in [-0.25, -0.2) is 9.79 Å². The van der Waals surface area contributed by atoms with Crippen LogP contribution in [-0.2, 0) is 25.6 Å². The lowest BCUT2D eigenvalue weighted by Gasteiger charge is -2.27. The molecular formula is C29H29N3O6S. The van der Waals surface area contributed by atoms with E-state index in [1.54, 1.807) is 38.3 Å². The van der Waals surface area contributed by atoms with Crippen molar-refractivity contribution in [2.24, 2.45) is 4.99 Å². The SMILES string of the molecule is CCOC(=O)C1=C(O)/C(=C/c2cn(CC(=O)N3CCOCC3)c3ccccc23)SC1=Nc1ccc(OC)cc1. The number of benzene rings is 2. The second-order valence-corrected chi connectivity index (χ2v) is 9.92. The number of rotatable bonds is 7. The van der Waals surface area contributed by atoms with E-state index in [9.17, 15) is 14.7 Å². The van der Waals surface area contributed by atoms with E-state index in [1.165, 1.54) is 11.8 Å². The van der Waals surface area contributed by atoms with E-state index in [4.69, 9.17) is 14.2 Å². The van der Waals surface area contributed by atoms with Gasteiger partial charge < -0.3 is 28.8 Å². The van der Waals surface area contributed by atoms with Crippen LogP contribution in [-0.4, -0.2) is 71.5 Å². The number of ether oxygens (including phenoxy) is 3. The summed E-state index contributed by atoms with van der Waals surface area (Å²) >= 11 is 1.19. The lowest BCUT2D eigenvalue weighted by molar-refractivity contribution is -0.138. The zero-order chi connectivity index (χ0) is 27.4. The molecule has 0 aliphatic carbocycles. The second kappa shape index (κ2) is 11.8. The standard InChI is InChI=1S/C29H29N3O6S/c1-3-38-29(35)26-27(34)24(39-28(26)30-20-8-10-21(36-2)11-9-20)16-19-17-32(23-7-5-4-6-22(19)23)18-25(33)31-12-14-37-15-13-31/h4-11,16-17,34H,3,12-15,18H2,1-2H3/b24-16-,30-28?. The normalized spacial score (nSPS) is 17.8.